The first-order valence-corrected chi connectivity index (χ1v) is 10.3. The van der Waals surface area contributed by atoms with Crippen LogP contribution < -0.4 is 4.74 Å². The summed E-state index contributed by atoms with van der Waals surface area (Å²) in [6.45, 7) is 5.98. The molecular weight excluding hydrogens is 352 g/mol. The largest absolute Gasteiger partial charge is 0.493 e. The zero-order chi connectivity index (χ0) is 19.7. The molecule has 1 saturated heterocycles. The quantitative estimate of drug-likeness (QED) is 0.869. The highest BCUT2D eigenvalue weighted by atomic mass is 16.5. The van der Waals surface area contributed by atoms with Crippen molar-refractivity contribution in [2.45, 2.75) is 46.0 Å². The minimum Gasteiger partial charge on any atom is -0.493 e. The molecule has 1 aliphatic heterocycles. The summed E-state index contributed by atoms with van der Waals surface area (Å²) in [5.74, 6) is 1.28. The van der Waals surface area contributed by atoms with E-state index in [1.54, 1.807) is 0 Å². The number of likely N-dealkylation sites (tertiary alicyclic amines) is 1. The fourth-order valence-corrected chi connectivity index (χ4v) is 4.47. The lowest BCUT2D eigenvalue weighted by atomic mass is 9.92. The highest BCUT2D eigenvalue weighted by molar-refractivity contribution is 6.10. The van der Waals surface area contributed by atoms with Crippen LogP contribution in [0.25, 0.3) is 0 Å². The number of hydrogen-bond acceptors (Lipinski definition) is 3. The molecule has 0 bridgehead atoms. The van der Waals surface area contributed by atoms with Gasteiger partial charge in [-0.3, -0.25) is 9.59 Å². The third-order valence-electron chi connectivity index (χ3n) is 5.87. The number of carbonyl (C=O) groups excluding carboxylic acids is 2. The molecular formula is C23H28N2O3. The molecule has 5 nitrogen and oxygen atoms in total. The van der Waals surface area contributed by atoms with Crippen molar-refractivity contribution >= 4 is 11.7 Å². The van der Waals surface area contributed by atoms with Crippen LogP contribution in [0.15, 0.2) is 24.3 Å². The smallest absolute Gasteiger partial charge is 0.256 e. The van der Waals surface area contributed by atoms with E-state index in [9.17, 15) is 9.59 Å². The normalized spacial score (nSPS) is 19.4. The third-order valence-corrected chi connectivity index (χ3v) is 5.87. The number of ether oxygens (including phenoxy) is 1. The van der Waals surface area contributed by atoms with Crippen LogP contribution in [0, 0.1) is 19.8 Å². The number of hydrogen-bond donors (Lipinski definition) is 1. The lowest BCUT2D eigenvalue weighted by Gasteiger charge is -2.33. The average Bonchev–Trinajstić information content (AvgIpc) is 3.03. The second-order valence-electron chi connectivity index (χ2n) is 8.14. The summed E-state index contributed by atoms with van der Waals surface area (Å²) >= 11 is 0. The van der Waals surface area contributed by atoms with E-state index >= 15 is 0 Å². The van der Waals surface area contributed by atoms with Crippen LogP contribution in [0.1, 0.15) is 63.4 Å². The lowest BCUT2D eigenvalue weighted by Crippen LogP contribution is -2.42. The number of Topliss-reactive ketones (excluding diaryl/α,β-unsaturated/α-hetero) is 1. The Kier molecular flexibility index (Phi) is 5.25. The van der Waals surface area contributed by atoms with Crippen molar-refractivity contribution in [3.63, 3.8) is 0 Å². The Hall–Kier alpha value is -2.56. The van der Waals surface area contributed by atoms with Gasteiger partial charge in [0, 0.05) is 36.8 Å². The summed E-state index contributed by atoms with van der Waals surface area (Å²) in [5, 5.41) is 0. The standard InChI is InChI=1S/C23H28N2O3/c1-15-6-3-8-18(12-15)28-14-17-7-5-11-25(13-17)23(27)21-16(2)24-19-9-4-10-20(26)22(19)21/h3,6,8,12,17,24H,4-5,7,9-11,13-14H2,1-2H3/t17-/m0/s1. The van der Waals surface area contributed by atoms with E-state index in [1.807, 2.05) is 30.0 Å². The van der Waals surface area contributed by atoms with Crippen molar-refractivity contribution in [2.24, 2.45) is 5.92 Å². The Morgan fingerprint density at radius 1 is 1.25 bits per heavy atom. The summed E-state index contributed by atoms with van der Waals surface area (Å²) in [6.07, 6.45) is 4.27. The number of H-pyrrole nitrogens is 1. The number of aromatic nitrogens is 1. The maximum Gasteiger partial charge on any atom is 0.256 e. The molecule has 2 aliphatic rings. The molecule has 1 aromatic heterocycles. The summed E-state index contributed by atoms with van der Waals surface area (Å²) in [5.41, 5.74) is 4.18. The highest BCUT2D eigenvalue weighted by Crippen LogP contribution is 2.29. The lowest BCUT2D eigenvalue weighted by molar-refractivity contribution is 0.0629. The summed E-state index contributed by atoms with van der Waals surface area (Å²) in [6, 6.07) is 8.05. The van der Waals surface area contributed by atoms with Gasteiger partial charge in [-0.05, 0) is 57.2 Å². The number of piperidine rings is 1. The van der Waals surface area contributed by atoms with Crippen LogP contribution in [0.3, 0.4) is 0 Å². The molecule has 28 heavy (non-hydrogen) atoms. The van der Waals surface area contributed by atoms with Gasteiger partial charge in [-0.2, -0.15) is 0 Å². The molecule has 1 fully saturated rings. The van der Waals surface area contributed by atoms with Crippen LogP contribution in [-0.4, -0.2) is 41.3 Å². The van der Waals surface area contributed by atoms with E-state index in [-0.39, 0.29) is 11.7 Å². The van der Waals surface area contributed by atoms with Gasteiger partial charge < -0.3 is 14.6 Å². The number of benzene rings is 1. The molecule has 0 spiro atoms. The van der Waals surface area contributed by atoms with Crippen molar-refractivity contribution < 1.29 is 14.3 Å². The van der Waals surface area contributed by atoms with Crippen molar-refractivity contribution in [3.05, 3.63) is 52.3 Å². The first-order chi connectivity index (χ1) is 13.5. The molecule has 1 aliphatic carbocycles. The second kappa shape index (κ2) is 7.82. The van der Waals surface area contributed by atoms with Gasteiger partial charge in [0.1, 0.15) is 5.75 Å². The van der Waals surface area contributed by atoms with Crippen LogP contribution >= 0.6 is 0 Å². The van der Waals surface area contributed by atoms with E-state index in [1.165, 1.54) is 5.56 Å². The first-order valence-electron chi connectivity index (χ1n) is 10.3. The number of nitrogens with zero attached hydrogens (tertiary/aromatic N) is 1. The van der Waals surface area contributed by atoms with E-state index in [2.05, 4.69) is 18.0 Å². The Labute approximate surface area is 166 Å². The topological polar surface area (TPSA) is 62.4 Å². The highest BCUT2D eigenvalue weighted by Gasteiger charge is 2.32. The van der Waals surface area contributed by atoms with Crippen LogP contribution in [0.5, 0.6) is 5.75 Å². The zero-order valence-electron chi connectivity index (χ0n) is 16.7. The monoisotopic (exact) mass is 380 g/mol. The van der Waals surface area contributed by atoms with E-state index in [4.69, 9.17) is 4.74 Å². The van der Waals surface area contributed by atoms with Gasteiger partial charge in [0.15, 0.2) is 5.78 Å². The molecule has 4 rings (SSSR count). The Morgan fingerprint density at radius 3 is 2.93 bits per heavy atom. The Morgan fingerprint density at radius 2 is 2.11 bits per heavy atom. The van der Waals surface area contributed by atoms with Crippen molar-refractivity contribution in [2.75, 3.05) is 19.7 Å². The third kappa shape index (κ3) is 3.71. The predicted octanol–water partition coefficient (Wildman–Crippen LogP) is 4.08. The maximum absolute atomic E-state index is 13.3. The van der Waals surface area contributed by atoms with Gasteiger partial charge in [0.25, 0.3) is 5.91 Å². The number of carbonyl (C=O) groups is 2. The van der Waals surface area contributed by atoms with E-state index in [0.717, 1.165) is 49.4 Å². The van der Waals surface area contributed by atoms with E-state index in [0.29, 0.717) is 36.6 Å². The predicted molar refractivity (Wildman–Crippen MR) is 108 cm³/mol. The molecule has 2 aromatic rings. The Balaban J connectivity index is 1.45. The molecule has 2 heterocycles. The molecule has 1 atom stereocenters. The van der Waals surface area contributed by atoms with Gasteiger partial charge in [0.2, 0.25) is 0 Å². The molecule has 0 saturated carbocycles. The summed E-state index contributed by atoms with van der Waals surface area (Å²) in [7, 11) is 0. The number of amides is 1. The van der Waals surface area contributed by atoms with Gasteiger partial charge >= 0.3 is 0 Å². The number of rotatable bonds is 4. The minimum atomic E-state index is -0.00879. The maximum atomic E-state index is 13.3. The summed E-state index contributed by atoms with van der Waals surface area (Å²) < 4.78 is 5.98. The molecule has 5 heteroatoms. The zero-order valence-corrected chi connectivity index (χ0v) is 16.7. The van der Waals surface area contributed by atoms with Crippen molar-refractivity contribution in [1.82, 2.24) is 9.88 Å². The Bertz CT molecular complexity index is 899. The van der Waals surface area contributed by atoms with Crippen molar-refractivity contribution in [1.29, 1.82) is 0 Å². The molecule has 0 unspecified atom stereocenters. The SMILES string of the molecule is Cc1cccc(OC[C@H]2CCCN(C(=O)c3c(C)[nH]c4c3C(=O)CCC4)C2)c1. The second-order valence-corrected chi connectivity index (χ2v) is 8.14. The molecule has 1 amide bonds. The average molecular weight is 380 g/mol. The first kappa shape index (κ1) is 18.8. The van der Waals surface area contributed by atoms with Crippen molar-refractivity contribution in [3.8, 4) is 5.75 Å². The number of aromatic amines is 1. The summed E-state index contributed by atoms with van der Waals surface area (Å²) in [4.78, 5) is 30.9. The molecule has 0 radical (unpaired) electrons. The number of aryl methyl sites for hydroxylation is 3. The van der Waals surface area contributed by atoms with Gasteiger partial charge in [-0.15, -0.1) is 0 Å². The van der Waals surface area contributed by atoms with Gasteiger partial charge in [-0.25, -0.2) is 0 Å². The number of nitrogens with one attached hydrogen (secondary N) is 1. The van der Waals surface area contributed by atoms with Gasteiger partial charge in [0.05, 0.1) is 17.7 Å². The van der Waals surface area contributed by atoms with Crippen LogP contribution in [0.4, 0.5) is 0 Å². The molecule has 1 aromatic carbocycles. The fourth-order valence-electron chi connectivity index (χ4n) is 4.47. The fraction of sp³-hybridized carbons (Fsp3) is 0.478. The van der Waals surface area contributed by atoms with Crippen LogP contribution in [-0.2, 0) is 6.42 Å². The minimum absolute atomic E-state index is 0.00879. The number of fused-ring (bicyclic) bond motifs is 1. The van der Waals surface area contributed by atoms with Gasteiger partial charge in [-0.1, -0.05) is 12.1 Å². The molecule has 1 N–H and O–H groups in total. The number of ketones is 1. The molecule has 148 valence electrons. The van der Waals surface area contributed by atoms with Crippen LogP contribution in [0.2, 0.25) is 0 Å². The van der Waals surface area contributed by atoms with E-state index < -0.39 is 0 Å².